The van der Waals surface area contributed by atoms with Crippen LogP contribution in [-0.4, -0.2) is 29.6 Å². The third-order valence-electron chi connectivity index (χ3n) is 3.23. The maximum atomic E-state index is 12.4. The number of para-hydroxylation sites is 2. The number of amides is 2. The monoisotopic (exact) mass is 421 g/mol. The van der Waals surface area contributed by atoms with Gasteiger partial charge in [-0.2, -0.15) is 0 Å². The van der Waals surface area contributed by atoms with E-state index in [0.29, 0.717) is 22.1 Å². The Morgan fingerprint density at radius 2 is 1.68 bits per heavy atom. The Hall–Kier alpha value is -2.84. The fourth-order valence-corrected chi connectivity index (χ4v) is 2.41. The summed E-state index contributed by atoms with van der Waals surface area (Å²) in [5, 5.41) is 2.80. The second-order valence-corrected chi connectivity index (χ2v) is 6.65. The second kappa shape index (κ2) is 10.5. The van der Waals surface area contributed by atoms with Gasteiger partial charge in [0.25, 0.3) is 11.8 Å². The quantitative estimate of drug-likeness (QED) is 0.491. The molecule has 0 aliphatic carbocycles. The molecule has 0 fully saturated rings. The maximum Gasteiger partial charge on any atom is 0.276 e. The molecule has 2 rings (SSSR count). The van der Waals surface area contributed by atoms with Gasteiger partial charge in [-0.15, -0.1) is 0 Å². The van der Waals surface area contributed by atoms with E-state index in [1.807, 2.05) is 13.8 Å². The van der Waals surface area contributed by atoms with E-state index in [0.717, 1.165) is 0 Å². The largest absolute Gasteiger partial charge is 0.490 e. The van der Waals surface area contributed by atoms with Crippen molar-refractivity contribution in [1.82, 2.24) is 16.2 Å². The molecule has 0 atom stereocenters. The fourth-order valence-electron chi connectivity index (χ4n) is 2.08. The van der Waals surface area contributed by atoms with Gasteiger partial charge >= 0.3 is 0 Å². The first kappa shape index (κ1) is 21.5. The van der Waals surface area contributed by atoms with Crippen LogP contribution < -0.4 is 25.6 Å². The zero-order valence-electron chi connectivity index (χ0n) is 15.3. The van der Waals surface area contributed by atoms with Gasteiger partial charge in [0, 0.05) is 0 Å². The van der Waals surface area contributed by atoms with Crippen molar-refractivity contribution >= 4 is 40.7 Å². The number of carbonyl (C=O) groups excluding carboxylic acids is 2. The molecular formula is C19H20ClN3O4S. The molecule has 0 bridgehead atoms. The molecule has 0 saturated heterocycles. The zero-order valence-corrected chi connectivity index (χ0v) is 16.9. The van der Waals surface area contributed by atoms with Crippen LogP contribution in [0.4, 0.5) is 0 Å². The number of thiocarbonyl (C=S) groups is 1. The Morgan fingerprint density at radius 3 is 2.36 bits per heavy atom. The molecule has 9 heteroatoms. The van der Waals surface area contributed by atoms with Gasteiger partial charge in [-0.3, -0.25) is 25.8 Å². The molecule has 0 aromatic heterocycles. The average molecular weight is 422 g/mol. The van der Waals surface area contributed by atoms with Crippen molar-refractivity contribution in [1.29, 1.82) is 0 Å². The highest BCUT2D eigenvalue weighted by Crippen LogP contribution is 2.22. The molecule has 148 valence electrons. The van der Waals surface area contributed by atoms with Crippen molar-refractivity contribution in [2.24, 2.45) is 0 Å². The summed E-state index contributed by atoms with van der Waals surface area (Å²) < 4.78 is 10.9. The van der Waals surface area contributed by atoms with Gasteiger partial charge in [0.15, 0.2) is 11.7 Å². The molecule has 7 nitrogen and oxygen atoms in total. The number of hydrazine groups is 1. The summed E-state index contributed by atoms with van der Waals surface area (Å²) in [7, 11) is 0. The molecule has 0 unspecified atom stereocenters. The van der Waals surface area contributed by atoms with E-state index in [-0.39, 0.29) is 17.8 Å². The van der Waals surface area contributed by atoms with Crippen molar-refractivity contribution < 1.29 is 19.1 Å². The predicted octanol–water partition coefficient (Wildman–Crippen LogP) is 2.84. The summed E-state index contributed by atoms with van der Waals surface area (Å²) in [5.41, 5.74) is 5.10. The van der Waals surface area contributed by atoms with Crippen LogP contribution in [0.15, 0.2) is 48.5 Å². The van der Waals surface area contributed by atoms with Crippen molar-refractivity contribution in [3.05, 3.63) is 59.1 Å². The minimum atomic E-state index is -0.500. The molecule has 0 aliphatic heterocycles. The van der Waals surface area contributed by atoms with Gasteiger partial charge < -0.3 is 9.47 Å². The van der Waals surface area contributed by atoms with Crippen molar-refractivity contribution in [3.8, 4) is 11.5 Å². The normalized spacial score (nSPS) is 10.1. The lowest BCUT2D eigenvalue weighted by atomic mass is 10.2. The van der Waals surface area contributed by atoms with E-state index in [1.54, 1.807) is 48.5 Å². The summed E-state index contributed by atoms with van der Waals surface area (Å²) in [6.07, 6.45) is -0.0866. The highest BCUT2D eigenvalue weighted by Gasteiger charge is 2.14. The lowest BCUT2D eigenvalue weighted by Gasteiger charge is -2.15. The van der Waals surface area contributed by atoms with Crippen LogP contribution in [0.25, 0.3) is 0 Å². The van der Waals surface area contributed by atoms with Crippen molar-refractivity contribution in [2.45, 2.75) is 20.0 Å². The van der Waals surface area contributed by atoms with Gasteiger partial charge in [0.05, 0.1) is 16.7 Å². The SMILES string of the molecule is CC(C)Oc1ccccc1C(=O)NC(=S)NNC(=O)COc1ccccc1Cl. The third kappa shape index (κ3) is 6.71. The minimum Gasteiger partial charge on any atom is -0.490 e. The predicted molar refractivity (Wildman–Crippen MR) is 110 cm³/mol. The smallest absolute Gasteiger partial charge is 0.276 e. The van der Waals surface area contributed by atoms with Crippen molar-refractivity contribution in [3.63, 3.8) is 0 Å². The number of nitrogens with one attached hydrogen (secondary N) is 3. The summed E-state index contributed by atoms with van der Waals surface area (Å²) >= 11 is 11.0. The van der Waals surface area contributed by atoms with Gasteiger partial charge in [-0.05, 0) is 50.3 Å². The number of halogens is 1. The van der Waals surface area contributed by atoms with E-state index < -0.39 is 11.8 Å². The van der Waals surface area contributed by atoms with Crippen LogP contribution >= 0.6 is 23.8 Å². The van der Waals surface area contributed by atoms with Crippen LogP contribution in [0, 0.1) is 0 Å². The highest BCUT2D eigenvalue weighted by atomic mass is 35.5. The zero-order chi connectivity index (χ0) is 20.5. The number of carbonyl (C=O) groups is 2. The molecular weight excluding hydrogens is 402 g/mol. The van der Waals surface area contributed by atoms with E-state index in [1.165, 1.54) is 0 Å². The van der Waals surface area contributed by atoms with Gasteiger partial charge in [-0.1, -0.05) is 35.9 Å². The Labute approximate surface area is 173 Å². The van der Waals surface area contributed by atoms with Gasteiger partial charge in [0.1, 0.15) is 11.5 Å². The van der Waals surface area contributed by atoms with E-state index in [4.69, 9.17) is 33.3 Å². The molecule has 2 amide bonds. The summed E-state index contributed by atoms with van der Waals surface area (Å²) in [6, 6.07) is 13.6. The van der Waals surface area contributed by atoms with Crippen molar-refractivity contribution in [2.75, 3.05) is 6.61 Å². The lowest BCUT2D eigenvalue weighted by molar-refractivity contribution is -0.123. The summed E-state index contributed by atoms with van der Waals surface area (Å²) in [4.78, 5) is 24.2. The number of ether oxygens (including phenoxy) is 2. The Balaban J connectivity index is 1.81. The first-order valence-corrected chi connectivity index (χ1v) is 9.18. The third-order valence-corrected chi connectivity index (χ3v) is 3.75. The van der Waals surface area contributed by atoms with Crippen LogP contribution in [0.3, 0.4) is 0 Å². The average Bonchev–Trinajstić information content (AvgIpc) is 2.65. The Bertz CT molecular complexity index is 861. The fraction of sp³-hybridized carbons (Fsp3) is 0.211. The number of hydrogen-bond acceptors (Lipinski definition) is 5. The Morgan fingerprint density at radius 1 is 1.04 bits per heavy atom. The van der Waals surface area contributed by atoms with Crippen LogP contribution in [-0.2, 0) is 4.79 Å². The topological polar surface area (TPSA) is 88.7 Å². The first-order chi connectivity index (χ1) is 13.4. The number of benzene rings is 2. The van der Waals surface area contributed by atoms with Gasteiger partial charge in [0.2, 0.25) is 0 Å². The van der Waals surface area contributed by atoms with Gasteiger partial charge in [-0.25, -0.2) is 0 Å². The second-order valence-electron chi connectivity index (χ2n) is 5.84. The number of rotatable bonds is 6. The molecule has 0 spiro atoms. The van der Waals surface area contributed by atoms with E-state index in [2.05, 4.69) is 16.2 Å². The Kier molecular flexibility index (Phi) is 8.03. The molecule has 0 aliphatic rings. The molecule has 0 saturated carbocycles. The first-order valence-electron chi connectivity index (χ1n) is 8.40. The molecule has 2 aromatic rings. The molecule has 3 N–H and O–H groups in total. The lowest BCUT2D eigenvalue weighted by Crippen LogP contribution is -2.49. The van der Waals surface area contributed by atoms with Crippen LogP contribution in [0.2, 0.25) is 5.02 Å². The van der Waals surface area contributed by atoms with Crippen LogP contribution in [0.1, 0.15) is 24.2 Å². The summed E-state index contributed by atoms with van der Waals surface area (Å²) in [5.74, 6) is -0.137. The highest BCUT2D eigenvalue weighted by molar-refractivity contribution is 7.80. The molecule has 2 aromatic carbocycles. The maximum absolute atomic E-state index is 12.4. The molecule has 28 heavy (non-hydrogen) atoms. The minimum absolute atomic E-state index is 0.0737. The summed E-state index contributed by atoms with van der Waals surface area (Å²) in [6.45, 7) is 3.45. The molecule has 0 heterocycles. The number of hydrogen-bond donors (Lipinski definition) is 3. The van der Waals surface area contributed by atoms with E-state index in [9.17, 15) is 9.59 Å². The molecule has 0 radical (unpaired) electrons. The van der Waals surface area contributed by atoms with Crippen LogP contribution in [0.5, 0.6) is 11.5 Å². The van der Waals surface area contributed by atoms with E-state index >= 15 is 0 Å². The standard InChI is InChI=1S/C19H20ClN3O4S/c1-12(2)27-15-9-5-3-7-13(15)18(25)21-19(28)23-22-17(24)11-26-16-10-6-4-8-14(16)20/h3-10,12H,11H2,1-2H3,(H,22,24)(H2,21,23,25,28).